The van der Waals surface area contributed by atoms with Gasteiger partial charge in [0.2, 0.25) is 5.91 Å². The maximum absolute atomic E-state index is 12.0. The fourth-order valence-corrected chi connectivity index (χ4v) is 1.67. The van der Waals surface area contributed by atoms with Gasteiger partial charge in [0.15, 0.2) is 0 Å². The molecule has 4 nitrogen and oxygen atoms in total. The van der Waals surface area contributed by atoms with E-state index >= 15 is 0 Å². The third-order valence-corrected chi connectivity index (χ3v) is 2.45. The summed E-state index contributed by atoms with van der Waals surface area (Å²) in [6.07, 6.45) is 0.817. The van der Waals surface area contributed by atoms with Crippen molar-refractivity contribution in [2.24, 2.45) is 17.6 Å². The van der Waals surface area contributed by atoms with Gasteiger partial charge in [0.1, 0.15) is 0 Å². The lowest BCUT2D eigenvalue weighted by atomic mass is 9.96. The van der Waals surface area contributed by atoms with Gasteiger partial charge in [-0.05, 0) is 19.3 Å². The number of amides is 1. The third kappa shape index (κ3) is 5.14. The van der Waals surface area contributed by atoms with Crippen LogP contribution in [0.25, 0.3) is 0 Å². The van der Waals surface area contributed by atoms with Crippen LogP contribution in [0.3, 0.4) is 0 Å². The Bertz CT molecular complexity index is 183. The standard InChI is InChI=1S/C11H24N2O2/c1-4-13(5-6-14)11(15)10(8-12)7-9(2)3/h9-10,14H,4-8,12H2,1-3H3. The lowest BCUT2D eigenvalue weighted by molar-refractivity contribution is -0.136. The van der Waals surface area contributed by atoms with Crippen molar-refractivity contribution in [2.45, 2.75) is 27.2 Å². The molecule has 3 N–H and O–H groups in total. The van der Waals surface area contributed by atoms with Gasteiger partial charge in [-0.1, -0.05) is 13.8 Å². The van der Waals surface area contributed by atoms with Crippen LogP contribution in [0.1, 0.15) is 27.2 Å². The lowest BCUT2D eigenvalue weighted by Gasteiger charge is -2.25. The summed E-state index contributed by atoms with van der Waals surface area (Å²) in [7, 11) is 0. The molecule has 0 rings (SSSR count). The van der Waals surface area contributed by atoms with Gasteiger partial charge in [-0.15, -0.1) is 0 Å². The predicted molar refractivity (Wildman–Crippen MR) is 61.3 cm³/mol. The molecule has 0 aromatic rings. The largest absolute Gasteiger partial charge is 0.395 e. The molecule has 0 aromatic carbocycles. The highest BCUT2D eigenvalue weighted by Gasteiger charge is 2.22. The Labute approximate surface area is 92.4 Å². The van der Waals surface area contributed by atoms with Crippen molar-refractivity contribution in [1.82, 2.24) is 4.90 Å². The molecular formula is C11H24N2O2. The quantitative estimate of drug-likeness (QED) is 0.649. The Balaban J connectivity index is 4.33. The molecule has 1 unspecified atom stereocenters. The van der Waals surface area contributed by atoms with Crippen LogP contribution in [0, 0.1) is 11.8 Å². The maximum atomic E-state index is 12.0. The van der Waals surface area contributed by atoms with Crippen LogP contribution in [0.15, 0.2) is 0 Å². The van der Waals surface area contributed by atoms with Crippen LogP contribution < -0.4 is 5.73 Å². The van der Waals surface area contributed by atoms with Crippen molar-refractivity contribution in [3.05, 3.63) is 0 Å². The number of hydrogen-bond acceptors (Lipinski definition) is 3. The van der Waals surface area contributed by atoms with Crippen LogP contribution in [0.4, 0.5) is 0 Å². The normalized spacial score (nSPS) is 12.9. The minimum Gasteiger partial charge on any atom is -0.395 e. The van der Waals surface area contributed by atoms with Gasteiger partial charge in [0.25, 0.3) is 0 Å². The molecule has 0 aliphatic rings. The van der Waals surface area contributed by atoms with Crippen LogP contribution in [0.5, 0.6) is 0 Å². The number of aliphatic hydroxyl groups is 1. The molecule has 0 aromatic heterocycles. The fourth-order valence-electron chi connectivity index (χ4n) is 1.67. The molecule has 0 bridgehead atoms. The molecule has 0 heterocycles. The summed E-state index contributed by atoms with van der Waals surface area (Å²) in [6.45, 7) is 7.52. The summed E-state index contributed by atoms with van der Waals surface area (Å²) in [5.74, 6) is 0.439. The van der Waals surface area contributed by atoms with Crippen LogP contribution in [-0.2, 0) is 4.79 Å². The zero-order valence-corrected chi connectivity index (χ0v) is 10.1. The Morgan fingerprint density at radius 2 is 2.07 bits per heavy atom. The molecule has 15 heavy (non-hydrogen) atoms. The first-order chi connectivity index (χ1) is 7.06. The number of carbonyl (C=O) groups is 1. The van der Waals surface area contributed by atoms with E-state index in [0.29, 0.717) is 25.6 Å². The second kappa shape index (κ2) is 7.65. The molecule has 1 atom stereocenters. The van der Waals surface area contributed by atoms with Crippen LogP contribution >= 0.6 is 0 Å². The Hall–Kier alpha value is -0.610. The SMILES string of the molecule is CCN(CCO)C(=O)C(CN)CC(C)C. The van der Waals surface area contributed by atoms with Crippen molar-refractivity contribution < 1.29 is 9.90 Å². The summed E-state index contributed by atoms with van der Waals surface area (Å²) in [4.78, 5) is 13.6. The summed E-state index contributed by atoms with van der Waals surface area (Å²) in [5.41, 5.74) is 5.60. The molecule has 0 fully saturated rings. The highest BCUT2D eigenvalue weighted by Crippen LogP contribution is 2.13. The molecule has 0 saturated heterocycles. The molecule has 0 radical (unpaired) electrons. The Kier molecular flexibility index (Phi) is 7.34. The second-order valence-electron chi connectivity index (χ2n) is 4.20. The first-order valence-corrected chi connectivity index (χ1v) is 5.66. The number of hydrogen-bond donors (Lipinski definition) is 2. The molecule has 90 valence electrons. The second-order valence-corrected chi connectivity index (χ2v) is 4.20. The summed E-state index contributed by atoms with van der Waals surface area (Å²) >= 11 is 0. The van der Waals surface area contributed by atoms with Crippen molar-refractivity contribution in [3.8, 4) is 0 Å². The van der Waals surface area contributed by atoms with E-state index in [-0.39, 0.29) is 18.4 Å². The van der Waals surface area contributed by atoms with Gasteiger partial charge < -0.3 is 15.7 Å². The van der Waals surface area contributed by atoms with E-state index in [1.165, 1.54) is 0 Å². The van der Waals surface area contributed by atoms with E-state index in [9.17, 15) is 4.79 Å². The molecular weight excluding hydrogens is 192 g/mol. The molecule has 4 heteroatoms. The van der Waals surface area contributed by atoms with E-state index in [4.69, 9.17) is 10.8 Å². The smallest absolute Gasteiger partial charge is 0.227 e. The van der Waals surface area contributed by atoms with Crippen molar-refractivity contribution in [2.75, 3.05) is 26.2 Å². The van der Waals surface area contributed by atoms with Crippen molar-refractivity contribution >= 4 is 5.91 Å². The number of likely N-dealkylation sites (N-methyl/N-ethyl adjacent to an activating group) is 1. The fraction of sp³-hybridized carbons (Fsp3) is 0.909. The van der Waals surface area contributed by atoms with E-state index in [1.54, 1.807) is 4.90 Å². The van der Waals surface area contributed by atoms with Gasteiger partial charge in [0, 0.05) is 19.6 Å². The van der Waals surface area contributed by atoms with Gasteiger partial charge in [-0.2, -0.15) is 0 Å². The number of nitrogens with two attached hydrogens (primary N) is 1. The Morgan fingerprint density at radius 1 is 1.47 bits per heavy atom. The van der Waals surface area contributed by atoms with Crippen molar-refractivity contribution in [1.29, 1.82) is 0 Å². The van der Waals surface area contributed by atoms with Gasteiger partial charge >= 0.3 is 0 Å². The Morgan fingerprint density at radius 3 is 2.40 bits per heavy atom. The first-order valence-electron chi connectivity index (χ1n) is 5.66. The maximum Gasteiger partial charge on any atom is 0.227 e. The molecule has 0 saturated carbocycles. The number of rotatable bonds is 7. The van der Waals surface area contributed by atoms with E-state index in [2.05, 4.69) is 13.8 Å². The zero-order valence-electron chi connectivity index (χ0n) is 10.1. The van der Waals surface area contributed by atoms with E-state index in [0.717, 1.165) is 6.42 Å². The van der Waals surface area contributed by atoms with E-state index in [1.807, 2.05) is 6.92 Å². The van der Waals surface area contributed by atoms with Crippen LogP contribution in [-0.4, -0.2) is 42.2 Å². The zero-order chi connectivity index (χ0) is 11.8. The molecule has 0 aliphatic carbocycles. The molecule has 0 spiro atoms. The predicted octanol–water partition coefficient (Wildman–Crippen LogP) is 0.448. The highest BCUT2D eigenvalue weighted by molar-refractivity contribution is 5.79. The van der Waals surface area contributed by atoms with Gasteiger partial charge in [0.05, 0.1) is 12.5 Å². The number of carbonyl (C=O) groups excluding carboxylic acids is 1. The monoisotopic (exact) mass is 216 g/mol. The van der Waals surface area contributed by atoms with Crippen molar-refractivity contribution in [3.63, 3.8) is 0 Å². The van der Waals surface area contributed by atoms with E-state index < -0.39 is 0 Å². The average Bonchev–Trinajstić information content (AvgIpc) is 2.21. The summed E-state index contributed by atoms with van der Waals surface area (Å²) < 4.78 is 0. The number of aliphatic hydroxyl groups excluding tert-OH is 1. The number of nitrogens with zero attached hydrogens (tertiary/aromatic N) is 1. The minimum atomic E-state index is -0.100. The molecule has 0 aliphatic heterocycles. The third-order valence-electron chi connectivity index (χ3n) is 2.45. The highest BCUT2D eigenvalue weighted by atomic mass is 16.3. The van der Waals surface area contributed by atoms with Gasteiger partial charge in [-0.25, -0.2) is 0 Å². The summed E-state index contributed by atoms with van der Waals surface area (Å²) in [6, 6.07) is 0. The summed E-state index contributed by atoms with van der Waals surface area (Å²) in [5, 5.41) is 8.83. The topological polar surface area (TPSA) is 66.6 Å². The lowest BCUT2D eigenvalue weighted by Crippen LogP contribution is -2.41. The average molecular weight is 216 g/mol. The minimum absolute atomic E-state index is 0.0125. The van der Waals surface area contributed by atoms with Gasteiger partial charge in [-0.3, -0.25) is 4.79 Å². The first kappa shape index (κ1) is 14.4. The molecule has 1 amide bonds. The van der Waals surface area contributed by atoms with Crippen LogP contribution in [0.2, 0.25) is 0 Å².